The monoisotopic (exact) mass is 168 g/mol. The summed E-state index contributed by atoms with van der Waals surface area (Å²) in [5.74, 6) is 0.909. The van der Waals surface area contributed by atoms with Crippen LogP contribution in [0.15, 0.2) is 0 Å². The minimum atomic E-state index is 0.0763. The number of ether oxygens (including phenoxy) is 1. The Hall–Kier alpha value is -0.530. The van der Waals surface area contributed by atoms with E-state index in [0.717, 1.165) is 12.8 Å². The van der Waals surface area contributed by atoms with E-state index in [-0.39, 0.29) is 18.0 Å². The molecule has 0 spiro atoms. The fourth-order valence-corrected chi connectivity index (χ4v) is 2.53. The van der Waals surface area contributed by atoms with Gasteiger partial charge in [0.1, 0.15) is 6.10 Å². The van der Waals surface area contributed by atoms with E-state index in [2.05, 4.69) is 6.92 Å². The third kappa shape index (κ3) is 1.13. The number of carbonyl (C=O) groups is 1. The van der Waals surface area contributed by atoms with Crippen LogP contribution in [0.2, 0.25) is 0 Å². The maximum Gasteiger partial charge on any atom is 0.309 e. The summed E-state index contributed by atoms with van der Waals surface area (Å²) >= 11 is 0. The number of carbonyl (C=O) groups excluding carboxylic acids is 1. The summed E-state index contributed by atoms with van der Waals surface area (Å²) in [4.78, 5) is 11.2. The van der Waals surface area contributed by atoms with Crippen molar-refractivity contribution in [1.82, 2.24) is 0 Å². The molecule has 0 aromatic carbocycles. The maximum absolute atomic E-state index is 11.2. The number of hydrogen-bond acceptors (Lipinski definition) is 2. The van der Waals surface area contributed by atoms with Gasteiger partial charge in [-0.3, -0.25) is 4.79 Å². The molecule has 1 aliphatic heterocycles. The molecule has 0 amide bonds. The molecule has 2 bridgehead atoms. The van der Waals surface area contributed by atoms with Gasteiger partial charge >= 0.3 is 5.97 Å². The highest BCUT2D eigenvalue weighted by molar-refractivity contribution is 5.76. The lowest BCUT2D eigenvalue weighted by Crippen LogP contribution is -2.13. The van der Waals surface area contributed by atoms with Gasteiger partial charge in [0.2, 0.25) is 0 Å². The predicted octanol–water partition coefficient (Wildman–Crippen LogP) is 2.13. The Morgan fingerprint density at radius 2 is 2.33 bits per heavy atom. The van der Waals surface area contributed by atoms with Gasteiger partial charge in [0, 0.05) is 5.92 Å². The Balaban J connectivity index is 1.94. The van der Waals surface area contributed by atoms with Gasteiger partial charge < -0.3 is 4.74 Å². The lowest BCUT2D eigenvalue weighted by Gasteiger charge is -2.10. The summed E-state index contributed by atoms with van der Waals surface area (Å²) in [6.45, 7) is 2.19. The molecule has 1 saturated carbocycles. The second-order valence-electron chi connectivity index (χ2n) is 3.97. The van der Waals surface area contributed by atoms with E-state index in [4.69, 9.17) is 4.74 Å². The number of unbranched alkanes of at least 4 members (excludes halogenated alkanes) is 1. The van der Waals surface area contributed by atoms with Gasteiger partial charge in [0.15, 0.2) is 0 Å². The van der Waals surface area contributed by atoms with Crippen LogP contribution in [0.4, 0.5) is 0 Å². The molecule has 3 unspecified atom stereocenters. The van der Waals surface area contributed by atoms with Crippen molar-refractivity contribution in [2.45, 2.75) is 45.1 Å². The van der Waals surface area contributed by atoms with E-state index >= 15 is 0 Å². The highest BCUT2D eigenvalue weighted by Gasteiger charge is 2.48. The van der Waals surface area contributed by atoms with Gasteiger partial charge in [0.05, 0.1) is 5.92 Å². The zero-order chi connectivity index (χ0) is 8.55. The van der Waals surface area contributed by atoms with Crippen LogP contribution in [-0.4, -0.2) is 12.1 Å². The predicted molar refractivity (Wildman–Crippen MR) is 45.6 cm³/mol. The Kier molecular flexibility index (Phi) is 2.07. The molecule has 2 rings (SSSR count). The Bertz CT molecular complexity index is 188. The first-order chi connectivity index (χ1) is 5.83. The molecule has 0 aromatic heterocycles. The minimum Gasteiger partial charge on any atom is -0.462 e. The van der Waals surface area contributed by atoms with Crippen molar-refractivity contribution in [3.63, 3.8) is 0 Å². The van der Waals surface area contributed by atoms with E-state index in [0.29, 0.717) is 5.92 Å². The second kappa shape index (κ2) is 3.08. The van der Waals surface area contributed by atoms with Crippen molar-refractivity contribution in [2.24, 2.45) is 11.8 Å². The number of esters is 1. The van der Waals surface area contributed by atoms with E-state index in [1.807, 2.05) is 0 Å². The largest absolute Gasteiger partial charge is 0.462 e. The molecule has 2 nitrogen and oxygen atoms in total. The van der Waals surface area contributed by atoms with Gasteiger partial charge in [-0.2, -0.15) is 0 Å². The summed E-state index contributed by atoms with van der Waals surface area (Å²) < 4.78 is 5.23. The molecule has 1 heterocycles. The van der Waals surface area contributed by atoms with Gasteiger partial charge in [-0.05, 0) is 19.3 Å². The Morgan fingerprint density at radius 1 is 1.50 bits per heavy atom. The molecule has 3 atom stereocenters. The highest BCUT2D eigenvalue weighted by Crippen LogP contribution is 2.44. The van der Waals surface area contributed by atoms with Crippen LogP contribution < -0.4 is 0 Å². The summed E-state index contributed by atoms with van der Waals surface area (Å²) in [7, 11) is 0. The molecule has 0 N–H and O–H groups in total. The molecular weight excluding hydrogens is 152 g/mol. The minimum absolute atomic E-state index is 0.0763. The van der Waals surface area contributed by atoms with Crippen molar-refractivity contribution < 1.29 is 9.53 Å². The SMILES string of the molecule is CCCCC1C2CCC1C(=O)O2. The zero-order valence-electron chi connectivity index (χ0n) is 7.58. The molecule has 2 aliphatic rings. The van der Waals surface area contributed by atoms with Crippen molar-refractivity contribution in [3.8, 4) is 0 Å². The van der Waals surface area contributed by atoms with Crippen LogP contribution >= 0.6 is 0 Å². The average molecular weight is 168 g/mol. The normalized spacial score (nSPS) is 38.8. The summed E-state index contributed by atoms with van der Waals surface area (Å²) in [6, 6.07) is 0. The van der Waals surface area contributed by atoms with Crippen LogP contribution in [0, 0.1) is 11.8 Å². The quantitative estimate of drug-likeness (QED) is 0.603. The second-order valence-corrected chi connectivity index (χ2v) is 3.97. The van der Waals surface area contributed by atoms with Crippen LogP contribution in [0.25, 0.3) is 0 Å². The van der Waals surface area contributed by atoms with E-state index in [1.165, 1.54) is 19.3 Å². The van der Waals surface area contributed by atoms with Gasteiger partial charge in [-0.1, -0.05) is 19.8 Å². The molecule has 2 fully saturated rings. The van der Waals surface area contributed by atoms with Crippen LogP contribution in [0.5, 0.6) is 0 Å². The molecule has 1 aliphatic carbocycles. The Labute approximate surface area is 73.3 Å². The third-order valence-corrected chi connectivity index (χ3v) is 3.22. The maximum atomic E-state index is 11.2. The molecule has 0 radical (unpaired) electrons. The molecule has 2 heteroatoms. The third-order valence-electron chi connectivity index (χ3n) is 3.22. The first-order valence-corrected chi connectivity index (χ1v) is 5.03. The fourth-order valence-electron chi connectivity index (χ4n) is 2.53. The average Bonchev–Trinajstić information content (AvgIpc) is 2.56. The van der Waals surface area contributed by atoms with Crippen LogP contribution in [0.3, 0.4) is 0 Å². The highest BCUT2D eigenvalue weighted by atomic mass is 16.6. The smallest absolute Gasteiger partial charge is 0.309 e. The molecule has 12 heavy (non-hydrogen) atoms. The molecule has 1 saturated heterocycles. The standard InChI is InChI=1S/C10H16O2/c1-2-3-4-7-8-5-6-9(7)12-10(8)11/h7-9H,2-6H2,1H3. The Morgan fingerprint density at radius 3 is 2.83 bits per heavy atom. The van der Waals surface area contributed by atoms with Gasteiger partial charge in [0.25, 0.3) is 0 Å². The molecule has 68 valence electrons. The first kappa shape index (κ1) is 8.09. The summed E-state index contributed by atoms with van der Waals surface area (Å²) in [6.07, 6.45) is 6.15. The van der Waals surface area contributed by atoms with Crippen LogP contribution in [-0.2, 0) is 9.53 Å². The molecule has 0 aromatic rings. The number of fused-ring (bicyclic) bond motifs is 2. The summed E-state index contributed by atoms with van der Waals surface area (Å²) in [5.41, 5.74) is 0. The lowest BCUT2D eigenvalue weighted by molar-refractivity contribution is -0.147. The van der Waals surface area contributed by atoms with Crippen molar-refractivity contribution >= 4 is 5.97 Å². The first-order valence-electron chi connectivity index (χ1n) is 5.03. The van der Waals surface area contributed by atoms with Crippen molar-refractivity contribution in [3.05, 3.63) is 0 Å². The van der Waals surface area contributed by atoms with Crippen molar-refractivity contribution in [1.29, 1.82) is 0 Å². The molecular formula is C10H16O2. The van der Waals surface area contributed by atoms with E-state index in [9.17, 15) is 4.79 Å². The summed E-state index contributed by atoms with van der Waals surface area (Å²) in [5, 5.41) is 0. The zero-order valence-corrected chi connectivity index (χ0v) is 7.58. The lowest BCUT2D eigenvalue weighted by atomic mass is 9.92. The van der Waals surface area contributed by atoms with Crippen LogP contribution in [0.1, 0.15) is 39.0 Å². The van der Waals surface area contributed by atoms with Gasteiger partial charge in [-0.25, -0.2) is 0 Å². The number of rotatable bonds is 3. The van der Waals surface area contributed by atoms with Crippen molar-refractivity contribution in [2.75, 3.05) is 0 Å². The topological polar surface area (TPSA) is 26.3 Å². The van der Waals surface area contributed by atoms with E-state index < -0.39 is 0 Å². The van der Waals surface area contributed by atoms with E-state index in [1.54, 1.807) is 0 Å². The fraction of sp³-hybridized carbons (Fsp3) is 0.900. The number of hydrogen-bond donors (Lipinski definition) is 0. The van der Waals surface area contributed by atoms with Gasteiger partial charge in [-0.15, -0.1) is 0 Å².